The van der Waals surface area contributed by atoms with Crippen molar-refractivity contribution in [1.29, 1.82) is 5.26 Å². The molecule has 1 atom stereocenters. The third-order valence-corrected chi connectivity index (χ3v) is 2.72. The molecule has 5 nitrogen and oxygen atoms in total. The predicted octanol–water partition coefficient (Wildman–Crippen LogP) is 1.79. The van der Waals surface area contributed by atoms with E-state index in [9.17, 15) is 9.59 Å². The van der Waals surface area contributed by atoms with E-state index in [-0.39, 0.29) is 18.2 Å². The number of aliphatic carboxylic acids is 1. The molecule has 100 valence electrons. The SMILES string of the molecule is CC(CCC(=O)O)CNC(=O)c1cccc(C#N)c1. The zero-order chi connectivity index (χ0) is 14.3. The van der Waals surface area contributed by atoms with E-state index in [1.54, 1.807) is 18.2 Å². The molecule has 2 N–H and O–H groups in total. The van der Waals surface area contributed by atoms with Crippen molar-refractivity contribution in [3.63, 3.8) is 0 Å². The summed E-state index contributed by atoms with van der Waals surface area (Å²) >= 11 is 0. The molecule has 0 saturated carbocycles. The lowest BCUT2D eigenvalue weighted by Gasteiger charge is -2.11. The van der Waals surface area contributed by atoms with Crippen LogP contribution in [0.3, 0.4) is 0 Å². The van der Waals surface area contributed by atoms with Gasteiger partial charge < -0.3 is 10.4 Å². The molecular formula is C14H16N2O3. The van der Waals surface area contributed by atoms with Crippen molar-refractivity contribution in [2.24, 2.45) is 5.92 Å². The fourth-order valence-corrected chi connectivity index (χ4v) is 1.57. The Balaban J connectivity index is 2.47. The monoisotopic (exact) mass is 260 g/mol. The summed E-state index contributed by atoms with van der Waals surface area (Å²) in [5.41, 5.74) is 0.871. The van der Waals surface area contributed by atoms with Crippen LogP contribution in [0.15, 0.2) is 24.3 Å². The number of carbonyl (C=O) groups excluding carboxylic acids is 1. The van der Waals surface area contributed by atoms with Crippen molar-refractivity contribution in [2.45, 2.75) is 19.8 Å². The highest BCUT2D eigenvalue weighted by Gasteiger charge is 2.09. The number of carboxylic acid groups (broad SMARTS) is 1. The lowest BCUT2D eigenvalue weighted by molar-refractivity contribution is -0.137. The number of nitriles is 1. The quantitative estimate of drug-likeness (QED) is 0.815. The summed E-state index contributed by atoms with van der Waals surface area (Å²) in [4.78, 5) is 22.2. The van der Waals surface area contributed by atoms with Crippen molar-refractivity contribution in [1.82, 2.24) is 5.32 Å². The fraction of sp³-hybridized carbons (Fsp3) is 0.357. The van der Waals surface area contributed by atoms with Crippen molar-refractivity contribution in [3.8, 4) is 6.07 Å². The van der Waals surface area contributed by atoms with Gasteiger partial charge in [-0.3, -0.25) is 9.59 Å². The average molecular weight is 260 g/mol. The summed E-state index contributed by atoms with van der Waals surface area (Å²) in [7, 11) is 0. The number of amides is 1. The van der Waals surface area contributed by atoms with Crippen molar-refractivity contribution in [3.05, 3.63) is 35.4 Å². The second-order valence-corrected chi connectivity index (χ2v) is 4.44. The third-order valence-electron chi connectivity index (χ3n) is 2.72. The summed E-state index contributed by atoms with van der Waals surface area (Å²) in [5, 5.41) is 20.0. The van der Waals surface area contributed by atoms with Gasteiger partial charge in [-0.2, -0.15) is 5.26 Å². The third kappa shape index (κ3) is 5.21. The number of hydrogen-bond donors (Lipinski definition) is 2. The van der Waals surface area contributed by atoms with Crippen LogP contribution in [0.2, 0.25) is 0 Å². The maximum Gasteiger partial charge on any atom is 0.303 e. The van der Waals surface area contributed by atoms with Crippen LogP contribution in [0.25, 0.3) is 0 Å². The Bertz CT molecular complexity index is 506. The molecule has 0 aliphatic carbocycles. The Labute approximate surface area is 111 Å². The smallest absolute Gasteiger partial charge is 0.303 e. The summed E-state index contributed by atoms with van der Waals surface area (Å²) in [6.07, 6.45) is 0.620. The first kappa shape index (κ1) is 14.7. The molecule has 1 aromatic rings. The number of rotatable bonds is 6. The Kier molecular flexibility index (Phi) is 5.55. The van der Waals surface area contributed by atoms with E-state index in [1.165, 1.54) is 6.07 Å². The van der Waals surface area contributed by atoms with Crippen LogP contribution in [0, 0.1) is 17.2 Å². The molecule has 1 rings (SSSR count). The van der Waals surface area contributed by atoms with Crippen molar-refractivity contribution >= 4 is 11.9 Å². The molecule has 0 saturated heterocycles. The molecule has 0 bridgehead atoms. The zero-order valence-corrected chi connectivity index (χ0v) is 10.7. The van der Waals surface area contributed by atoms with Gasteiger partial charge in [-0.05, 0) is 30.5 Å². The molecule has 0 aliphatic rings. The lowest BCUT2D eigenvalue weighted by Crippen LogP contribution is -2.28. The second-order valence-electron chi connectivity index (χ2n) is 4.44. The molecule has 0 radical (unpaired) electrons. The molecule has 19 heavy (non-hydrogen) atoms. The number of benzene rings is 1. The molecule has 1 unspecified atom stereocenters. The number of carboxylic acids is 1. The molecular weight excluding hydrogens is 244 g/mol. The van der Waals surface area contributed by atoms with Crippen LogP contribution in [-0.2, 0) is 4.79 Å². The summed E-state index contributed by atoms with van der Waals surface area (Å²) in [5.74, 6) is -0.988. The van der Waals surface area contributed by atoms with Gasteiger partial charge in [-0.15, -0.1) is 0 Å². The minimum Gasteiger partial charge on any atom is -0.481 e. The van der Waals surface area contributed by atoms with Crippen LogP contribution >= 0.6 is 0 Å². The minimum atomic E-state index is -0.833. The van der Waals surface area contributed by atoms with Crippen LogP contribution in [0.1, 0.15) is 35.7 Å². The molecule has 0 fully saturated rings. The standard InChI is InChI=1S/C14H16N2O3/c1-10(5-6-13(17)18)9-16-14(19)12-4-2-3-11(7-12)8-15/h2-4,7,10H,5-6,9H2,1H3,(H,16,19)(H,17,18). The number of nitrogens with one attached hydrogen (secondary N) is 1. The largest absolute Gasteiger partial charge is 0.481 e. The van der Waals surface area contributed by atoms with E-state index < -0.39 is 5.97 Å². The van der Waals surface area contributed by atoms with Gasteiger partial charge in [0.25, 0.3) is 5.91 Å². The second kappa shape index (κ2) is 7.17. The molecule has 5 heteroatoms. The van der Waals surface area contributed by atoms with E-state index in [0.29, 0.717) is 24.1 Å². The maximum atomic E-state index is 11.8. The normalized spacial score (nSPS) is 11.4. The topological polar surface area (TPSA) is 90.2 Å². The number of nitrogens with zero attached hydrogens (tertiary/aromatic N) is 1. The molecule has 0 aromatic heterocycles. The van der Waals surface area contributed by atoms with Crippen LogP contribution in [0.5, 0.6) is 0 Å². The molecule has 1 aromatic carbocycles. The Morgan fingerprint density at radius 1 is 1.47 bits per heavy atom. The summed E-state index contributed by atoms with van der Waals surface area (Å²) in [6, 6.07) is 8.42. The van der Waals surface area contributed by atoms with Gasteiger partial charge in [0, 0.05) is 18.5 Å². The van der Waals surface area contributed by atoms with E-state index in [1.807, 2.05) is 13.0 Å². The summed E-state index contributed by atoms with van der Waals surface area (Å²) < 4.78 is 0. The zero-order valence-electron chi connectivity index (χ0n) is 10.7. The summed E-state index contributed by atoms with van der Waals surface area (Å²) in [6.45, 7) is 2.30. The van der Waals surface area contributed by atoms with E-state index in [4.69, 9.17) is 10.4 Å². The Morgan fingerprint density at radius 2 is 2.21 bits per heavy atom. The van der Waals surface area contributed by atoms with Crippen LogP contribution < -0.4 is 5.32 Å². The van der Waals surface area contributed by atoms with E-state index in [2.05, 4.69) is 5.32 Å². The Hall–Kier alpha value is -2.35. The van der Waals surface area contributed by atoms with E-state index >= 15 is 0 Å². The first-order chi connectivity index (χ1) is 9.02. The highest BCUT2D eigenvalue weighted by Crippen LogP contribution is 2.06. The van der Waals surface area contributed by atoms with Gasteiger partial charge in [0.2, 0.25) is 0 Å². The molecule has 0 heterocycles. The molecule has 0 aliphatic heterocycles. The van der Waals surface area contributed by atoms with Crippen molar-refractivity contribution in [2.75, 3.05) is 6.54 Å². The average Bonchev–Trinajstić information content (AvgIpc) is 2.42. The highest BCUT2D eigenvalue weighted by molar-refractivity contribution is 5.94. The van der Waals surface area contributed by atoms with Crippen LogP contribution in [-0.4, -0.2) is 23.5 Å². The van der Waals surface area contributed by atoms with Gasteiger partial charge in [-0.25, -0.2) is 0 Å². The van der Waals surface area contributed by atoms with Crippen molar-refractivity contribution < 1.29 is 14.7 Å². The highest BCUT2D eigenvalue weighted by atomic mass is 16.4. The maximum absolute atomic E-state index is 11.8. The Morgan fingerprint density at radius 3 is 2.84 bits per heavy atom. The fourth-order valence-electron chi connectivity index (χ4n) is 1.57. The molecule has 0 spiro atoms. The van der Waals surface area contributed by atoms with E-state index in [0.717, 1.165) is 0 Å². The van der Waals surface area contributed by atoms with Gasteiger partial charge in [0.15, 0.2) is 0 Å². The minimum absolute atomic E-state index is 0.0965. The number of carbonyl (C=O) groups is 2. The molecule has 1 amide bonds. The van der Waals surface area contributed by atoms with Gasteiger partial charge in [0.1, 0.15) is 0 Å². The predicted molar refractivity (Wildman–Crippen MR) is 69.5 cm³/mol. The first-order valence-electron chi connectivity index (χ1n) is 6.03. The number of hydrogen-bond acceptors (Lipinski definition) is 3. The first-order valence-corrected chi connectivity index (χ1v) is 6.03. The van der Waals surface area contributed by atoms with Crippen LogP contribution in [0.4, 0.5) is 0 Å². The van der Waals surface area contributed by atoms with Gasteiger partial charge in [-0.1, -0.05) is 13.0 Å². The lowest BCUT2D eigenvalue weighted by atomic mass is 10.1. The van der Waals surface area contributed by atoms with Gasteiger partial charge >= 0.3 is 5.97 Å². The van der Waals surface area contributed by atoms with Gasteiger partial charge in [0.05, 0.1) is 11.6 Å².